The van der Waals surface area contributed by atoms with Crippen molar-refractivity contribution in [2.24, 2.45) is 4.99 Å². The summed E-state index contributed by atoms with van der Waals surface area (Å²) in [5.74, 6) is 0.0892. The van der Waals surface area contributed by atoms with Gasteiger partial charge in [-0.3, -0.25) is 9.79 Å². The number of rotatable bonds is 7. The van der Waals surface area contributed by atoms with Gasteiger partial charge in [-0.05, 0) is 43.4 Å². The van der Waals surface area contributed by atoms with Crippen LogP contribution in [0.2, 0.25) is 0 Å². The van der Waals surface area contributed by atoms with Gasteiger partial charge in [-0.15, -0.1) is 0 Å². The van der Waals surface area contributed by atoms with Crippen LogP contribution in [0.5, 0.6) is 0 Å². The van der Waals surface area contributed by atoms with Crippen molar-refractivity contribution in [1.82, 2.24) is 4.90 Å². The predicted molar refractivity (Wildman–Crippen MR) is 126 cm³/mol. The van der Waals surface area contributed by atoms with Gasteiger partial charge in [0, 0.05) is 24.4 Å². The standard InChI is InChI=1S/C24H37N3OS/c1-4-5-10-19-13-15-21(16-14-19)25-23(28)17-22-18(2)29-24(27(22)3)26-20-11-8-6-7-9-12-20/h13-16,18,20,22H,4-12,17H2,1-3H3,(H,25,28). The van der Waals surface area contributed by atoms with E-state index in [9.17, 15) is 4.79 Å². The Morgan fingerprint density at radius 2 is 1.86 bits per heavy atom. The first-order valence-electron chi connectivity index (χ1n) is 11.4. The fourth-order valence-corrected chi connectivity index (χ4v) is 5.57. The Hall–Kier alpha value is -1.49. The van der Waals surface area contributed by atoms with Crippen molar-refractivity contribution in [1.29, 1.82) is 0 Å². The van der Waals surface area contributed by atoms with Crippen LogP contribution in [-0.2, 0) is 11.2 Å². The van der Waals surface area contributed by atoms with Gasteiger partial charge in [0.2, 0.25) is 5.91 Å². The number of nitrogens with one attached hydrogen (secondary N) is 1. The van der Waals surface area contributed by atoms with Crippen LogP contribution >= 0.6 is 11.8 Å². The van der Waals surface area contributed by atoms with E-state index in [4.69, 9.17) is 4.99 Å². The number of aryl methyl sites for hydroxylation is 1. The zero-order valence-electron chi connectivity index (χ0n) is 18.3. The number of benzene rings is 1. The van der Waals surface area contributed by atoms with Gasteiger partial charge in [0.25, 0.3) is 0 Å². The monoisotopic (exact) mass is 415 g/mol. The second-order valence-corrected chi connectivity index (χ2v) is 9.96. The van der Waals surface area contributed by atoms with Crippen molar-refractivity contribution in [3.63, 3.8) is 0 Å². The molecule has 160 valence electrons. The molecule has 2 atom stereocenters. The number of carbonyl (C=O) groups excluding carboxylic acids is 1. The lowest BCUT2D eigenvalue weighted by Gasteiger charge is -2.23. The van der Waals surface area contributed by atoms with Crippen molar-refractivity contribution >= 4 is 28.5 Å². The summed E-state index contributed by atoms with van der Waals surface area (Å²) in [7, 11) is 2.10. The normalized spacial score (nSPS) is 24.7. The predicted octanol–water partition coefficient (Wildman–Crippen LogP) is 5.87. The number of carbonyl (C=O) groups is 1. The number of aliphatic imine (C=N–C) groups is 1. The van der Waals surface area contributed by atoms with Crippen LogP contribution in [0.25, 0.3) is 0 Å². The molecule has 5 heteroatoms. The molecule has 2 fully saturated rings. The molecule has 1 heterocycles. The van der Waals surface area contributed by atoms with Crippen molar-refractivity contribution in [2.75, 3.05) is 12.4 Å². The molecule has 0 aromatic heterocycles. The number of thioether (sulfide) groups is 1. The molecule has 2 unspecified atom stereocenters. The Morgan fingerprint density at radius 3 is 2.52 bits per heavy atom. The fourth-order valence-electron chi connectivity index (χ4n) is 4.29. The van der Waals surface area contributed by atoms with Crippen LogP contribution in [0, 0.1) is 0 Å². The Kier molecular flexibility index (Phi) is 8.46. The summed E-state index contributed by atoms with van der Waals surface area (Å²) in [6.07, 6.45) is 11.8. The second kappa shape index (κ2) is 11.1. The third kappa shape index (κ3) is 6.50. The van der Waals surface area contributed by atoms with Crippen molar-refractivity contribution < 1.29 is 4.79 Å². The third-order valence-electron chi connectivity index (χ3n) is 6.20. The molecule has 1 N–H and O–H groups in total. The minimum Gasteiger partial charge on any atom is -0.350 e. The number of nitrogens with zero attached hydrogens (tertiary/aromatic N) is 2. The van der Waals surface area contributed by atoms with Crippen LogP contribution in [0.1, 0.15) is 77.2 Å². The number of amides is 1. The smallest absolute Gasteiger partial charge is 0.226 e. The van der Waals surface area contributed by atoms with Crippen LogP contribution in [0.3, 0.4) is 0 Å². The molecule has 2 aliphatic rings. The van der Waals surface area contributed by atoms with E-state index in [-0.39, 0.29) is 11.9 Å². The van der Waals surface area contributed by atoms with E-state index in [1.807, 2.05) is 23.9 Å². The Labute approximate surface area is 180 Å². The molecular formula is C24H37N3OS. The van der Waals surface area contributed by atoms with Gasteiger partial charge in [-0.2, -0.15) is 0 Å². The van der Waals surface area contributed by atoms with E-state index in [0.717, 1.165) is 17.3 Å². The molecule has 3 rings (SSSR count). The van der Waals surface area contributed by atoms with E-state index in [2.05, 4.69) is 43.2 Å². The number of anilines is 1. The number of hydrogen-bond donors (Lipinski definition) is 1. The molecule has 0 spiro atoms. The summed E-state index contributed by atoms with van der Waals surface area (Å²) in [5.41, 5.74) is 2.23. The first kappa shape index (κ1) is 22.2. The lowest BCUT2D eigenvalue weighted by atomic mass is 10.1. The highest BCUT2D eigenvalue weighted by Gasteiger charge is 2.35. The average Bonchev–Trinajstić information content (AvgIpc) is 2.89. The molecule has 1 aromatic rings. The Morgan fingerprint density at radius 1 is 1.17 bits per heavy atom. The molecular weight excluding hydrogens is 378 g/mol. The molecule has 0 radical (unpaired) electrons. The molecule has 29 heavy (non-hydrogen) atoms. The lowest BCUT2D eigenvalue weighted by Crippen LogP contribution is -2.36. The Balaban J connectivity index is 1.54. The van der Waals surface area contributed by atoms with Crippen LogP contribution in [0.4, 0.5) is 5.69 Å². The molecule has 1 amide bonds. The van der Waals surface area contributed by atoms with Gasteiger partial charge in [0.15, 0.2) is 5.17 Å². The van der Waals surface area contributed by atoms with Gasteiger partial charge < -0.3 is 10.2 Å². The highest BCUT2D eigenvalue weighted by atomic mass is 32.2. The van der Waals surface area contributed by atoms with Gasteiger partial charge in [-0.25, -0.2) is 0 Å². The van der Waals surface area contributed by atoms with Crippen LogP contribution < -0.4 is 5.32 Å². The summed E-state index contributed by atoms with van der Waals surface area (Å²) in [6, 6.07) is 8.98. The first-order chi connectivity index (χ1) is 14.1. The minimum absolute atomic E-state index is 0.0892. The van der Waals surface area contributed by atoms with E-state index < -0.39 is 0 Å². The van der Waals surface area contributed by atoms with E-state index in [0.29, 0.717) is 17.7 Å². The maximum absolute atomic E-state index is 12.7. The lowest BCUT2D eigenvalue weighted by molar-refractivity contribution is -0.117. The van der Waals surface area contributed by atoms with Crippen molar-refractivity contribution in [2.45, 2.75) is 95.4 Å². The topological polar surface area (TPSA) is 44.7 Å². The summed E-state index contributed by atoms with van der Waals surface area (Å²) < 4.78 is 0. The van der Waals surface area contributed by atoms with Gasteiger partial charge >= 0.3 is 0 Å². The summed E-state index contributed by atoms with van der Waals surface area (Å²) in [4.78, 5) is 20.0. The minimum atomic E-state index is 0.0892. The van der Waals surface area contributed by atoms with Crippen LogP contribution in [0.15, 0.2) is 29.3 Å². The quantitative estimate of drug-likeness (QED) is 0.566. The number of hydrogen-bond acceptors (Lipinski definition) is 3. The van der Waals surface area contributed by atoms with Gasteiger partial charge in [-0.1, -0.05) is 69.8 Å². The third-order valence-corrected chi connectivity index (χ3v) is 7.49. The zero-order chi connectivity index (χ0) is 20.6. The van der Waals surface area contributed by atoms with Crippen LogP contribution in [-0.4, -0.2) is 40.4 Å². The van der Waals surface area contributed by atoms with Gasteiger partial charge in [0.1, 0.15) is 0 Å². The first-order valence-corrected chi connectivity index (χ1v) is 12.3. The highest BCUT2D eigenvalue weighted by Crippen LogP contribution is 2.33. The zero-order valence-corrected chi connectivity index (χ0v) is 19.1. The second-order valence-electron chi connectivity index (χ2n) is 8.61. The Bertz CT molecular complexity index is 680. The maximum Gasteiger partial charge on any atom is 0.226 e. The summed E-state index contributed by atoms with van der Waals surface area (Å²) in [6.45, 7) is 4.43. The molecule has 1 saturated carbocycles. The molecule has 4 nitrogen and oxygen atoms in total. The maximum atomic E-state index is 12.7. The van der Waals surface area contributed by atoms with E-state index >= 15 is 0 Å². The number of unbranched alkanes of at least 4 members (excludes halogenated alkanes) is 1. The molecule has 1 aliphatic heterocycles. The van der Waals surface area contributed by atoms with Crippen molar-refractivity contribution in [3.8, 4) is 0 Å². The fraction of sp³-hybridized carbons (Fsp3) is 0.667. The van der Waals surface area contributed by atoms with E-state index in [1.54, 1.807) is 0 Å². The summed E-state index contributed by atoms with van der Waals surface area (Å²) in [5, 5.41) is 4.59. The number of amidine groups is 1. The molecule has 0 bridgehead atoms. The highest BCUT2D eigenvalue weighted by molar-refractivity contribution is 8.14. The molecule has 1 saturated heterocycles. The largest absolute Gasteiger partial charge is 0.350 e. The average molecular weight is 416 g/mol. The van der Waals surface area contributed by atoms with Gasteiger partial charge in [0.05, 0.1) is 12.1 Å². The van der Waals surface area contributed by atoms with E-state index in [1.165, 1.54) is 56.9 Å². The summed E-state index contributed by atoms with van der Waals surface area (Å²) >= 11 is 1.84. The van der Waals surface area contributed by atoms with Crippen molar-refractivity contribution in [3.05, 3.63) is 29.8 Å². The molecule has 1 aliphatic carbocycles. The SMILES string of the molecule is CCCCc1ccc(NC(=O)CC2C(C)SC(=NC3CCCCCC3)N2C)cc1. The molecule has 1 aromatic carbocycles.